The van der Waals surface area contributed by atoms with Crippen LogP contribution in [0.2, 0.25) is 0 Å². The van der Waals surface area contributed by atoms with Crippen molar-refractivity contribution in [2.75, 3.05) is 0 Å². The van der Waals surface area contributed by atoms with E-state index in [1.807, 2.05) is 33.9 Å². The number of hydrogen-bond donors (Lipinski definition) is 0. The molecule has 1 aliphatic rings. The van der Waals surface area contributed by atoms with Gasteiger partial charge in [-0.15, -0.1) is 0 Å². The van der Waals surface area contributed by atoms with Gasteiger partial charge in [-0.2, -0.15) is 0 Å². The predicted molar refractivity (Wildman–Crippen MR) is 88.3 cm³/mol. The molecule has 1 aromatic heterocycles. The van der Waals surface area contributed by atoms with Gasteiger partial charge in [-0.05, 0) is 25.0 Å². The summed E-state index contributed by atoms with van der Waals surface area (Å²) in [6.45, 7) is 16.6. The van der Waals surface area contributed by atoms with Crippen molar-refractivity contribution in [1.82, 2.24) is 4.98 Å². The molecule has 0 aromatic carbocycles. The van der Waals surface area contributed by atoms with E-state index in [-0.39, 0.29) is 5.41 Å². The van der Waals surface area contributed by atoms with Crippen LogP contribution >= 0.6 is 0 Å². The average molecular weight is 259 g/mol. The largest absolute Gasteiger partial charge is 0.261 e. The van der Waals surface area contributed by atoms with Crippen LogP contribution in [0.1, 0.15) is 63.9 Å². The third-order valence-corrected chi connectivity index (χ3v) is 2.92. The highest BCUT2D eigenvalue weighted by Crippen LogP contribution is 2.29. The molecule has 1 aliphatic carbocycles. The first-order valence-electron chi connectivity index (χ1n) is 7.34. The van der Waals surface area contributed by atoms with Crippen molar-refractivity contribution in [2.24, 2.45) is 5.41 Å². The highest BCUT2D eigenvalue weighted by atomic mass is 14.7. The number of pyridine rings is 1. The molecule has 106 valence electrons. The molecule has 0 atom stereocenters. The van der Waals surface area contributed by atoms with E-state index in [1.165, 1.54) is 16.7 Å². The van der Waals surface area contributed by atoms with Gasteiger partial charge in [0.25, 0.3) is 0 Å². The molecule has 2 rings (SSSR count). The van der Waals surface area contributed by atoms with Crippen LogP contribution in [0.25, 0.3) is 12.2 Å². The van der Waals surface area contributed by atoms with Crippen molar-refractivity contribution in [3.63, 3.8) is 0 Å². The Kier molecular flexibility index (Phi) is 7.36. The molecule has 19 heavy (non-hydrogen) atoms. The van der Waals surface area contributed by atoms with Crippen molar-refractivity contribution < 1.29 is 0 Å². The van der Waals surface area contributed by atoms with Crippen molar-refractivity contribution >= 4 is 12.2 Å². The summed E-state index contributed by atoms with van der Waals surface area (Å²) in [6, 6.07) is 0. The zero-order valence-corrected chi connectivity index (χ0v) is 13.8. The zero-order chi connectivity index (χ0) is 15.1. The van der Waals surface area contributed by atoms with E-state index >= 15 is 0 Å². The summed E-state index contributed by atoms with van der Waals surface area (Å²) in [5.41, 5.74) is 5.06. The van der Waals surface area contributed by atoms with E-state index in [0.717, 1.165) is 5.69 Å². The lowest BCUT2D eigenvalue weighted by molar-refractivity contribution is 0.633. The summed E-state index contributed by atoms with van der Waals surface area (Å²) >= 11 is 0. The Labute approximate surface area is 119 Å². The predicted octanol–water partition coefficient (Wildman–Crippen LogP) is 5.82. The fraction of sp³-hybridized carbons (Fsp3) is 0.500. The average Bonchev–Trinajstić information content (AvgIpc) is 2.58. The molecular weight excluding hydrogens is 230 g/mol. The van der Waals surface area contributed by atoms with Gasteiger partial charge in [-0.1, -0.05) is 65.8 Å². The van der Waals surface area contributed by atoms with Crippen LogP contribution in [0.5, 0.6) is 0 Å². The third-order valence-electron chi connectivity index (χ3n) is 2.92. The van der Waals surface area contributed by atoms with Gasteiger partial charge in [0.1, 0.15) is 0 Å². The molecule has 1 aromatic rings. The smallest absolute Gasteiger partial charge is 0.0451 e. The first kappa shape index (κ1) is 17.6. The maximum atomic E-state index is 4.40. The van der Waals surface area contributed by atoms with E-state index < -0.39 is 0 Å². The van der Waals surface area contributed by atoms with Gasteiger partial charge in [0.15, 0.2) is 0 Å². The number of hydrogen-bond acceptors (Lipinski definition) is 1. The lowest BCUT2D eigenvalue weighted by Crippen LogP contribution is -2.00. The zero-order valence-electron chi connectivity index (χ0n) is 13.8. The summed E-state index contributed by atoms with van der Waals surface area (Å²) in [5, 5.41) is 0. The van der Waals surface area contributed by atoms with Gasteiger partial charge in [-0.3, -0.25) is 4.98 Å². The van der Waals surface area contributed by atoms with Crippen molar-refractivity contribution in [3.05, 3.63) is 40.7 Å². The van der Waals surface area contributed by atoms with E-state index in [9.17, 15) is 0 Å². The molecule has 1 heterocycles. The Morgan fingerprint density at radius 1 is 0.842 bits per heavy atom. The van der Waals surface area contributed by atoms with Crippen LogP contribution in [-0.4, -0.2) is 4.98 Å². The third kappa shape index (κ3) is 4.66. The van der Waals surface area contributed by atoms with Crippen LogP contribution in [0.3, 0.4) is 0 Å². The normalized spacial score (nSPS) is 14.3. The lowest BCUT2D eigenvalue weighted by Gasteiger charge is -2.12. The summed E-state index contributed by atoms with van der Waals surface area (Å²) in [5.74, 6) is 0. The second-order valence-corrected chi connectivity index (χ2v) is 4.84. The van der Waals surface area contributed by atoms with Crippen LogP contribution in [0.15, 0.2) is 18.3 Å². The Morgan fingerprint density at radius 3 is 1.84 bits per heavy atom. The highest BCUT2D eigenvalue weighted by molar-refractivity contribution is 5.71. The molecule has 1 heteroatoms. The van der Waals surface area contributed by atoms with E-state index in [2.05, 4.69) is 57.0 Å². The molecule has 0 unspecified atom stereocenters. The fourth-order valence-electron chi connectivity index (χ4n) is 1.82. The van der Waals surface area contributed by atoms with Gasteiger partial charge >= 0.3 is 0 Å². The van der Waals surface area contributed by atoms with Gasteiger partial charge < -0.3 is 0 Å². The van der Waals surface area contributed by atoms with E-state index in [1.54, 1.807) is 0 Å². The summed E-state index contributed by atoms with van der Waals surface area (Å²) in [4.78, 5) is 4.40. The molecule has 1 nitrogen and oxygen atoms in total. The summed E-state index contributed by atoms with van der Waals surface area (Å²) in [6.07, 6.45) is 10.9. The molecule has 0 spiro atoms. The van der Waals surface area contributed by atoms with E-state index in [4.69, 9.17) is 0 Å². The molecule has 0 amide bonds. The second kappa shape index (κ2) is 7.93. The van der Waals surface area contributed by atoms with Crippen molar-refractivity contribution in [3.8, 4) is 0 Å². The Morgan fingerprint density at radius 2 is 1.32 bits per heavy atom. The molecule has 0 radical (unpaired) electrons. The molecule has 0 fully saturated rings. The summed E-state index contributed by atoms with van der Waals surface area (Å²) in [7, 11) is 0. The van der Waals surface area contributed by atoms with Gasteiger partial charge in [0, 0.05) is 22.9 Å². The Hall–Kier alpha value is -1.37. The fourth-order valence-corrected chi connectivity index (χ4v) is 1.82. The van der Waals surface area contributed by atoms with Crippen LogP contribution in [-0.2, 0) is 0 Å². The topological polar surface area (TPSA) is 12.9 Å². The number of allylic oxidation sites excluding steroid dienone is 2. The van der Waals surface area contributed by atoms with Crippen LogP contribution in [0.4, 0.5) is 0 Å². The number of rotatable bonds is 0. The number of aromatic nitrogens is 1. The molecular formula is C18H29N. The quantitative estimate of drug-likeness (QED) is 0.572. The molecule has 0 saturated carbocycles. The standard InChI is InChI=1S/C14H17N.2C2H6/c1-10-9-15-11(2)13-6-8-14(3,4)7-5-12(10)13;2*1-2/h5-9H,1-4H3;2*1-2H3. The highest BCUT2D eigenvalue weighted by Gasteiger charge is 2.14. The number of aryl methyl sites for hydroxylation is 2. The van der Waals surface area contributed by atoms with Gasteiger partial charge in [0.2, 0.25) is 0 Å². The summed E-state index contributed by atoms with van der Waals surface area (Å²) < 4.78 is 0. The van der Waals surface area contributed by atoms with Crippen molar-refractivity contribution in [1.29, 1.82) is 0 Å². The van der Waals surface area contributed by atoms with Gasteiger partial charge in [0.05, 0.1) is 0 Å². The van der Waals surface area contributed by atoms with E-state index in [0.29, 0.717) is 0 Å². The number of nitrogens with zero attached hydrogens (tertiary/aromatic N) is 1. The molecule has 0 bridgehead atoms. The van der Waals surface area contributed by atoms with Crippen LogP contribution < -0.4 is 0 Å². The first-order chi connectivity index (χ1) is 8.99. The monoisotopic (exact) mass is 259 g/mol. The minimum absolute atomic E-state index is 0.137. The maximum absolute atomic E-state index is 4.40. The van der Waals surface area contributed by atoms with Crippen molar-refractivity contribution in [2.45, 2.75) is 55.4 Å². The number of fused-ring (bicyclic) bond motifs is 1. The molecule has 0 N–H and O–H groups in total. The van der Waals surface area contributed by atoms with Crippen LogP contribution in [0, 0.1) is 19.3 Å². The minimum Gasteiger partial charge on any atom is -0.261 e. The minimum atomic E-state index is 0.137. The Bertz CT molecular complexity index is 410. The molecule has 0 aliphatic heterocycles. The first-order valence-corrected chi connectivity index (χ1v) is 7.34. The maximum Gasteiger partial charge on any atom is 0.0451 e. The molecule has 0 saturated heterocycles. The Balaban J connectivity index is 0.000000741. The second-order valence-electron chi connectivity index (χ2n) is 4.84. The van der Waals surface area contributed by atoms with Gasteiger partial charge in [-0.25, -0.2) is 0 Å². The lowest BCUT2D eigenvalue weighted by atomic mass is 9.93. The SMILES string of the molecule is CC.CC.Cc1cnc(C)c2c1C=CC(C)(C)C=C2.